The summed E-state index contributed by atoms with van der Waals surface area (Å²) in [4.78, 5) is 11.1. The predicted molar refractivity (Wildman–Crippen MR) is 70.3 cm³/mol. The van der Waals surface area contributed by atoms with Crippen LogP contribution in [-0.4, -0.2) is 28.9 Å². The molecule has 2 aromatic rings. The van der Waals surface area contributed by atoms with Gasteiger partial charge in [-0.3, -0.25) is 4.09 Å². The smallest absolute Gasteiger partial charge is 0.335 e. The molecule has 5 heteroatoms. The molecule has 0 aliphatic heterocycles. The van der Waals surface area contributed by atoms with E-state index in [1.54, 1.807) is 25.4 Å². The number of carbonyl (C=O) groups is 1. The van der Waals surface area contributed by atoms with Gasteiger partial charge in [0.2, 0.25) is 0 Å². The van der Waals surface area contributed by atoms with Crippen LogP contribution in [0.2, 0.25) is 0 Å². The number of aryl methyl sites for hydroxylation is 1. The third-order valence-corrected chi connectivity index (χ3v) is 3.14. The number of rotatable bonds is 5. The SMILES string of the molecule is COCCCc1cc(C(=O)O)cc2ccn(Cl)c12. The highest BCUT2D eigenvalue weighted by molar-refractivity contribution is 6.19. The first-order valence-electron chi connectivity index (χ1n) is 5.66. The van der Waals surface area contributed by atoms with Gasteiger partial charge in [0.25, 0.3) is 0 Å². The fraction of sp³-hybridized carbons (Fsp3) is 0.308. The molecule has 0 aliphatic rings. The van der Waals surface area contributed by atoms with Crippen LogP contribution in [0.25, 0.3) is 10.9 Å². The predicted octanol–water partition coefficient (Wildman–Crippen LogP) is 2.92. The number of benzene rings is 1. The zero-order valence-corrected chi connectivity index (χ0v) is 10.8. The number of hydrogen-bond donors (Lipinski definition) is 1. The summed E-state index contributed by atoms with van der Waals surface area (Å²) in [5, 5.41) is 9.93. The van der Waals surface area contributed by atoms with Crippen molar-refractivity contribution in [1.29, 1.82) is 0 Å². The van der Waals surface area contributed by atoms with E-state index in [4.69, 9.17) is 21.6 Å². The van der Waals surface area contributed by atoms with Crippen LogP contribution in [0.4, 0.5) is 0 Å². The molecule has 0 fully saturated rings. The third kappa shape index (κ3) is 2.49. The average Bonchev–Trinajstić information content (AvgIpc) is 2.71. The van der Waals surface area contributed by atoms with Gasteiger partial charge < -0.3 is 9.84 Å². The molecular formula is C13H14ClNO3. The van der Waals surface area contributed by atoms with Crippen LogP contribution < -0.4 is 0 Å². The lowest BCUT2D eigenvalue weighted by Crippen LogP contribution is -2.00. The highest BCUT2D eigenvalue weighted by Gasteiger charge is 2.11. The average molecular weight is 268 g/mol. The minimum Gasteiger partial charge on any atom is -0.478 e. The molecular weight excluding hydrogens is 254 g/mol. The number of aromatic nitrogens is 1. The van der Waals surface area contributed by atoms with Gasteiger partial charge in [0.05, 0.1) is 11.1 Å². The molecule has 1 aromatic carbocycles. The number of ether oxygens (including phenoxy) is 1. The van der Waals surface area contributed by atoms with Crippen LogP contribution in [0.1, 0.15) is 22.3 Å². The Bertz CT molecular complexity index is 577. The molecule has 1 N–H and O–H groups in total. The second-order valence-electron chi connectivity index (χ2n) is 4.10. The summed E-state index contributed by atoms with van der Waals surface area (Å²) < 4.78 is 6.51. The van der Waals surface area contributed by atoms with E-state index in [1.165, 1.54) is 4.09 Å². The molecule has 0 spiro atoms. The number of hydrogen-bond acceptors (Lipinski definition) is 2. The number of fused-ring (bicyclic) bond motifs is 1. The van der Waals surface area contributed by atoms with Crippen molar-refractivity contribution in [3.63, 3.8) is 0 Å². The molecule has 2 rings (SSSR count). The molecule has 0 saturated heterocycles. The zero-order valence-electron chi connectivity index (χ0n) is 10.0. The number of methoxy groups -OCH3 is 1. The molecule has 1 aromatic heterocycles. The van der Waals surface area contributed by atoms with Crippen molar-refractivity contribution in [2.24, 2.45) is 0 Å². The lowest BCUT2D eigenvalue weighted by atomic mass is 10.0. The minimum atomic E-state index is -0.924. The normalized spacial score (nSPS) is 11.0. The Morgan fingerprint density at radius 2 is 2.28 bits per heavy atom. The molecule has 0 unspecified atom stereocenters. The molecule has 4 nitrogen and oxygen atoms in total. The topological polar surface area (TPSA) is 51.5 Å². The summed E-state index contributed by atoms with van der Waals surface area (Å²) in [6.45, 7) is 0.641. The number of carboxylic acids is 1. The van der Waals surface area contributed by atoms with Gasteiger partial charge in [-0.15, -0.1) is 0 Å². The number of aromatic carboxylic acids is 1. The summed E-state index contributed by atoms with van der Waals surface area (Å²) in [6.07, 6.45) is 3.29. The van der Waals surface area contributed by atoms with Gasteiger partial charge in [-0.2, -0.15) is 0 Å². The maximum absolute atomic E-state index is 11.1. The summed E-state index contributed by atoms with van der Waals surface area (Å²) >= 11 is 6.06. The third-order valence-electron chi connectivity index (χ3n) is 2.86. The van der Waals surface area contributed by atoms with Crippen LogP contribution in [-0.2, 0) is 11.2 Å². The zero-order chi connectivity index (χ0) is 13.1. The van der Waals surface area contributed by atoms with Gasteiger partial charge in [0.15, 0.2) is 0 Å². The van der Waals surface area contributed by atoms with Crippen LogP contribution in [0.15, 0.2) is 24.4 Å². The van der Waals surface area contributed by atoms with E-state index >= 15 is 0 Å². The molecule has 0 bridgehead atoms. The Labute approximate surface area is 110 Å². The van der Waals surface area contributed by atoms with Crippen molar-refractivity contribution < 1.29 is 14.6 Å². The van der Waals surface area contributed by atoms with Gasteiger partial charge in [0.1, 0.15) is 0 Å². The Morgan fingerprint density at radius 3 is 2.94 bits per heavy atom. The Balaban J connectivity index is 2.45. The lowest BCUT2D eigenvalue weighted by molar-refractivity contribution is 0.0697. The van der Waals surface area contributed by atoms with Crippen LogP contribution >= 0.6 is 11.8 Å². The number of nitrogens with zero attached hydrogens (tertiary/aromatic N) is 1. The van der Waals surface area contributed by atoms with E-state index in [1.807, 2.05) is 6.07 Å². The summed E-state index contributed by atoms with van der Waals surface area (Å²) in [5.41, 5.74) is 2.09. The van der Waals surface area contributed by atoms with Crippen LogP contribution in [0.3, 0.4) is 0 Å². The van der Waals surface area contributed by atoms with Crippen molar-refractivity contribution in [2.45, 2.75) is 12.8 Å². The molecule has 0 radical (unpaired) electrons. The fourth-order valence-electron chi connectivity index (χ4n) is 2.05. The Morgan fingerprint density at radius 1 is 1.50 bits per heavy atom. The summed E-state index contributed by atoms with van der Waals surface area (Å²) in [7, 11) is 1.65. The second kappa shape index (κ2) is 5.42. The van der Waals surface area contributed by atoms with Gasteiger partial charge in [-0.05, 0) is 36.6 Å². The minimum absolute atomic E-state index is 0.290. The monoisotopic (exact) mass is 267 g/mol. The fourth-order valence-corrected chi connectivity index (χ4v) is 2.31. The van der Waals surface area contributed by atoms with Crippen molar-refractivity contribution in [3.8, 4) is 0 Å². The molecule has 1 heterocycles. The lowest BCUT2D eigenvalue weighted by Gasteiger charge is -2.07. The molecule has 96 valence electrons. The van der Waals surface area contributed by atoms with Gasteiger partial charge in [0, 0.05) is 37.1 Å². The molecule has 0 saturated carbocycles. The van der Waals surface area contributed by atoms with Crippen molar-refractivity contribution in [3.05, 3.63) is 35.5 Å². The summed E-state index contributed by atoms with van der Waals surface area (Å²) in [6, 6.07) is 5.13. The van der Waals surface area contributed by atoms with E-state index in [-0.39, 0.29) is 5.56 Å². The van der Waals surface area contributed by atoms with E-state index < -0.39 is 5.97 Å². The first-order chi connectivity index (χ1) is 8.63. The van der Waals surface area contributed by atoms with E-state index in [0.717, 1.165) is 29.3 Å². The Hall–Kier alpha value is -1.52. The first-order valence-corrected chi connectivity index (χ1v) is 5.99. The molecule has 0 atom stereocenters. The van der Waals surface area contributed by atoms with E-state index in [2.05, 4.69) is 0 Å². The first kappa shape index (κ1) is 12.9. The van der Waals surface area contributed by atoms with Gasteiger partial charge in [-0.1, -0.05) is 0 Å². The largest absolute Gasteiger partial charge is 0.478 e. The molecule has 18 heavy (non-hydrogen) atoms. The molecule has 0 aliphatic carbocycles. The van der Waals surface area contributed by atoms with Crippen molar-refractivity contribution in [1.82, 2.24) is 4.09 Å². The highest BCUT2D eigenvalue weighted by Crippen LogP contribution is 2.24. The number of halogens is 1. The van der Waals surface area contributed by atoms with E-state index in [9.17, 15) is 4.79 Å². The highest BCUT2D eigenvalue weighted by atomic mass is 35.5. The Kier molecular flexibility index (Phi) is 3.89. The van der Waals surface area contributed by atoms with Crippen molar-refractivity contribution >= 4 is 28.6 Å². The summed E-state index contributed by atoms with van der Waals surface area (Å²) in [5.74, 6) is -0.924. The molecule has 0 amide bonds. The van der Waals surface area contributed by atoms with Gasteiger partial charge >= 0.3 is 5.97 Å². The van der Waals surface area contributed by atoms with Crippen LogP contribution in [0, 0.1) is 0 Å². The maximum Gasteiger partial charge on any atom is 0.335 e. The second-order valence-corrected chi connectivity index (χ2v) is 4.47. The maximum atomic E-state index is 11.1. The van der Waals surface area contributed by atoms with Crippen molar-refractivity contribution in [2.75, 3.05) is 13.7 Å². The van der Waals surface area contributed by atoms with E-state index in [0.29, 0.717) is 6.61 Å². The number of carboxylic acid groups (broad SMARTS) is 1. The standard InChI is InChI=1S/C13H14ClNO3/c1-18-6-2-3-9-7-11(13(16)17)8-10-4-5-15(14)12(9)10/h4-5,7-8H,2-3,6H2,1H3,(H,16,17). The van der Waals surface area contributed by atoms with Crippen LogP contribution in [0.5, 0.6) is 0 Å². The quantitative estimate of drug-likeness (QED) is 0.848. The van der Waals surface area contributed by atoms with Gasteiger partial charge in [-0.25, -0.2) is 4.79 Å².